The maximum atomic E-state index is 12.4. The van der Waals surface area contributed by atoms with Gasteiger partial charge in [0.1, 0.15) is 5.01 Å². The molecule has 1 fully saturated rings. The van der Waals surface area contributed by atoms with E-state index in [0.29, 0.717) is 11.6 Å². The second-order valence-electron chi connectivity index (χ2n) is 6.18. The van der Waals surface area contributed by atoms with Gasteiger partial charge in [-0.3, -0.25) is 9.59 Å². The highest BCUT2D eigenvalue weighted by molar-refractivity contribution is 7.09. The summed E-state index contributed by atoms with van der Waals surface area (Å²) in [6.45, 7) is 2.49. The Bertz CT molecular complexity index is 821. The number of carboxylic acid groups (broad SMARTS) is 1. The van der Waals surface area contributed by atoms with Crippen molar-refractivity contribution in [1.82, 2.24) is 15.2 Å². The monoisotopic (exact) mass is 373 g/mol. The topological polar surface area (TPSA) is 99.6 Å². The van der Waals surface area contributed by atoms with E-state index < -0.39 is 11.9 Å². The molecule has 26 heavy (non-hydrogen) atoms. The van der Waals surface area contributed by atoms with Crippen LogP contribution in [0.25, 0.3) is 0 Å². The van der Waals surface area contributed by atoms with Gasteiger partial charge in [-0.1, -0.05) is 30.3 Å². The minimum absolute atomic E-state index is 0.0295. The van der Waals surface area contributed by atoms with Gasteiger partial charge in [0.2, 0.25) is 11.8 Å². The number of nitrogens with zero attached hydrogens (tertiary/aromatic N) is 2. The molecule has 0 unspecified atom stereocenters. The van der Waals surface area contributed by atoms with E-state index in [9.17, 15) is 14.4 Å². The molecule has 0 bridgehead atoms. The number of hydrogen-bond acceptors (Lipinski definition) is 5. The molecule has 8 heteroatoms. The Hall–Kier alpha value is -2.74. The molecule has 2 heterocycles. The third-order valence-electron chi connectivity index (χ3n) is 4.46. The zero-order valence-corrected chi connectivity index (χ0v) is 15.0. The second-order valence-corrected chi connectivity index (χ2v) is 7.13. The van der Waals surface area contributed by atoms with Crippen molar-refractivity contribution in [2.24, 2.45) is 5.92 Å². The number of hydrogen-bond donors (Lipinski definition) is 2. The highest BCUT2D eigenvalue weighted by atomic mass is 32.1. The lowest BCUT2D eigenvalue weighted by molar-refractivity contribution is -0.130. The number of rotatable bonds is 6. The van der Waals surface area contributed by atoms with Crippen LogP contribution in [0.1, 0.15) is 40.4 Å². The van der Waals surface area contributed by atoms with E-state index in [1.807, 2.05) is 37.3 Å². The van der Waals surface area contributed by atoms with E-state index in [1.54, 1.807) is 4.90 Å². The SMILES string of the molecule is C[C@@H](c1ccccc1)N1C[C@@H](C(=O)NCc2nc(C(=O)O)cs2)CC1=O. The Morgan fingerprint density at radius 2 is 2.12 bits per heavy atom. The summed E-state index contributed by atoms with van der Waals surface area (Å²) in [5.41, 5.74) is 1.00. The second kappa shape index (κ2) is 7.65. The summed E-state index contributed by atoms with van der Waals surface area (Å²) in [5.74, 6) is -1.75. The molecule has 2 atom stereocenters. The third kappa shape index (κ3) is 3.91. The molecule has 1 saturated heterocycles. The fraction of sp³-hybridized carbons (Fsp3) is 0.333. The lowest BCUT2D eigenvalue weighted by Gasteiger charge is -2.25. The molecular formula is C18H19N3O4S. The largest absolute Gasteiger partial charge is 0.476 e. The fourth-order valence-corrected chi connectivity index (χ4v) is 3.70. The predicted octanol–water partition coefficient (Wildman–Crippen LogP) is 2.07. The number of carboxylic acids is 1. The van der Waals surface area contributed by atoms with Gasteiger partial charge in [0.15, 0.2) is 5.69 Å². The van der Waals surface area contributed by atoms with Crippen LogP contribution in [-0.2, 0) is 16.1 Å². The molecule has 7 nitrogen and oxygen atoms in total. The van der Waals surface area contributed by atoms with Crippen molar-refractivity contribution < 1.29 is 19.5 Å². The standard InChI is InChI=1S/C18H19N3O4S/c1-11(12-5-3-2-4-6-12)21-9-13(7-16(21)22)17(23)19-8-15-20-14(10-26-15)18(24)25/h2-6,10-11,13H,7-9H2,1H3,(H,19,23)(H,24,25)/t11-,13-/m0/s1. The molecule has 3 rings (SSSR count). The first kappa shape index (κ1) is 18.1. The molecule has 0 radical (unpaired) electrons. The molecule has 1 aromatic heterocycles. The van der Waals surface area contributed by atoms with E-state index in [2.05, 4.69) is 10.3 Å². The molecule has 2 aromatic rings. The van der Waals surface area contributed by atoms with Crippen LogP contribution in [0.15, 0.2) is 35.7 Å². The maximum absolute atomic E-state index is 12.4. The number of aromatic carboxylic acids is 1. The van der Waals surface area contributed by atoms with Crippen molar-refractivity contribution >= 4 is 29.1 Å². The summed E-state index contributed by atoms with van der Waals surface area (Å²) in [6, 6.07) is 9.62. The zero-order valence-electron chi connectivity index (χ0n) is 14.2. The van der Waals surface area contributed by atoms with Gasteiger partial charge in [0.05, 0.1) is 18.5 Å². The molecule has 2 amide bonds. The first-order valence-corrected chi connectivity index (χ1v) is 9.13. The number of aromatic nitrogens is 1. The van der Waals surface area contributed by atoms with Gasteiger partial charge in [0.25, 0.3) is 0 Å². The van der Waals surface area contributed by atoms with Crippen molar-refractivity contribution in [3.8, 4) is 0 Å². The molecule has 2 N–H and O–H groups in total. The highest BCUT2D eigenvalue weighted by Gasteiger charge is 2.36. The predicted molar refractivity (Wildman–Crippen MR) is 95.6 cm³/mol. The van der Waals surface area contributed by atoms with Crippen LogP contribution in [-0.4, -0.2) is 39.3 Å². The number of amides is 2. The Labute approximate surface area is 154 Å². The van der Waals surface area contributed by atoms with E-state index in [-0.39, 0.29) is 36.5 Å². The molecular weight excluding hydrogens is 354 g/mol. The summed E-state index contributed by atoms with van der Waals surface area (Å²) in [6.07, 6.45) is 0.182. The number of carbonyl (C=O) groups is 3. The zero-order chi connectivity index (χ0) is 18.7. The Kier molecular flexibility index (Phi) is 5.32. The van der Waals surface area contributed by atoms with Crippen LogP contribution in [0.5, 0.6) is 0 Å². The normalized spacial score (nSPS) is 18.0. The lowest BCUT2D eigenvalue weighted by Crippen LogP contribution is -2.33. The Morgan fingerprint density at radius 1 is 1.38 bits per heavy atom. The van der Waals surface area contributed by atoms with E-state index in [4.69, 9.17) is 5.11 Å². The van der Waals surface area contributed by atoms with E-state index in [1.165, 1.54) is 16.7 Å². The van der Waals surface area contributed by atoms with Crippen LogP contribution in [0.3, 0.4) is 0 Å². The Balaban J connectivity index is 1.57. The van der Waals surface area contributed by atoms with Crippen molar-refractivity contribution in [1.29, 1.82) is 0 Å². The third-order valence-corrected chi connectivity index (χ3v) is 5.31. The summed E-state index contributed by atoms with van der Waals surface area (Å²) in [4.78, 5) is 41.2. The summed E-state index contributed by atoms with van der Waals surface area (Å²) in [5, 5.41) is 13.6. The van der Waals surface area contributed by atoms with Gasteiger partial charge in [-0.25, -0.2) is 9.78 Å². The van der Waals surface area contributed by atoms with Crippen LogP contribution in [0.2, 0.25) is 0 Å². The van der Waals surface area contributed by atoms with Gasteiger partial charge < -0.3 is 15.3 Å². The first-order valence-electron chi connectivity index (χ1n) is 8.25. The lowest BCUT2D eigenvalue weighted by atomic mass is 10.1. The maximum Gasteiger partial charge on any atom is 0.355 e. The van der Waals surface area contributed by atoms with Crippen molar-refractivity contribution in [2.45, 2.75) is 25.9 Å². The quantitative estimate of drug-likeness (QED) is 0.807. The smallest absolute Gasteiger partial charge is 0.355 e. The average Bonchev–Trinajstić information content (AvgIpc) is 3.27. The summed E-state index contributed by atoms with van der Waals surface area (Å²) in [7, 11) is 0. The fourth-order valence-electron chi connectivity index (χ4n) is 2.99. The van der Waals surface area contributed by atoms with Crippen molar-refractivity contribution in [3.63, 3.8) is 0 Å². The first-order chi connectivity index (χ1) is 12.5. The highest BCUT2D eigenvalue weighted by Crippen LogP contribution is 2.28. The van der Waals surface area contributed by atoms with Crippen molar-refractivity contribution in [2.75, 3.05) is 6.54 Å². The summed E-state index contributed by atoms with van der Waals surface area (Å²) >= 11 is 1.18. The number of benzene rings is 1. The average molecular weight is 373 g/mol. The van der Waals surface area contributed by atoms with E-state index >= 15 is 0 Å². The molecule has 1 aliphatic rings. The van der Waals surface area contributed by atoms with Crippen LogP contribution < -0.4 is 5.32 Å². The minimum atomic E-state index is -1.09. The molecule has 1 aliphatic heterocycles. The molecule has 0 spiro atoms. The summed E-state index contributed by atoms with van der Waals surface area (Å²) < 4.78 is 0. The number of thiazole rings is 1. The van der Waals surface area contributed by atoms with Crippen molar-refractivity contribution in [3.05, 3.63) is 52.0 Å². The van der Waals surface area contributed by atoms with Gasteiger partial charge >= 0.3 is 5.97 Å². The number of likely N-dealkylation sites (tertiary alicyclic amines) is 1. The van der Waals surface area contributed by atoms with Crippen LogP contribution >= 0.6 is 11.3 Å². The van der Waals surface area contributed by atoms with Gasteiger partial charge in [-0.05, 0) is 12.5 Å². The van der Waals surface area contributed by atoms with E-state index in [0.717, 1.165) is 5.56 Å². The van der Waals surface area contributed by atoms with Gasteiger partial charge in [-0.15, -0.1) is 11.3 Å². The van der Waals surface area contributed by atoms with Gasteiger partial charge in [0, 0.05) is 18.3 Å². The minimum Gasteiger partial charge on any atom is -0.476 e. The molecule has 0 aliphatic carbocycles. The van der Waals surface area contributed by atoms with Gasteiger partial charge in [-0.2, -0.15) is 0 Å². The molecule has 136 valence electrons. The number of nitrogens with one attached hydrogen (secondary N) is 1. The van der Waals surface area contributed by atoms with Crippen LogP contribution in [0.4, 0.5) is 0 Å². The number of carbonyl (C=O) groups excluding carboxylic acids is 2. The Morgan fingerprint density at radius 3 is 2.77 bits per heavy atom. The molecule has 1 aromatic carbocycles. The molecule has 0 saturated carbocycles. The van der Waals surface area contributed by atoms with Crippen LogP contribution in [0, 0.1) is 5.92 Å².